The zero-order valence-corrected chi connectivity index (χ0v) is 8.41. The van der Waals surface area contributed by atoms with E-state index in [2.05, 4.69) is 4.98 Å². The molecule has 1 rings (SSSR count). The van der Waals surface area contributed by atoms with E-state index in [9.17, 15) is 13.6 Å². The number of ether oxygens (including phenoxy) is 1. The monoisotopic (exact) mass is 232 g/mol. The van der Waals surface area contributed by atoms with E-state index in [1.54, 1.807) is 0 Å². The van der Waals surface area contributed by atoms with Gasteiger partial charge in [-0.15, -0.1) is 0 Å². The van der Waals surface area contributed by atoms with E-state index in [0.29, 0.717) is 0 Å². The number of carboxylic acid groups (broad SMARTS) is 1. The van der Waals surface area contributed by atoms with Gasteiger partial charge in [0, 0.05) is 6.54 Å². The van der Waals surface area contributed by atoms with Crippen molar-refractivity contribution in [1.29, 1.82) is 0 Å². The van der Waals surface area contributed by atoms with Gasteiger partial charge in [0.15, 0.2) is 5.75 Å². The molecule has 0 radical (unpaired) electrons. The average molecular weight is 232 g/mol. The lowest BCUT2D eigenvalue weighted by atomic mass is 10.1. The van der Waals surface area contributed by atoms with Crippen LogP contribution in [-0.2, 0) is 6.54 Å². The predicted molar refractivity (Wildman–Crippen MR) is 50.6 cm³/mol. The molecule has 0 unspecified atom stereocenters. The molecule has 7 heteroatoms. The predicted octanol–water partition coefficient (Wildman–Crippen LogP) is 1.18. The van der Waals surface area contributed by atoms with Gasteiger partial charge in [0.2, 0.25) is 0 Å². The first-order chi connectivity index (χ1) is 7.51. The number of carboxylic acids is 1. The molecule has 88 valence electrons. The zero-order valence-electron chi connectivity index (χ0n) is 8.41. The van der Waals surface area contributed by atoms with E-state index in [-0.39, 0.29) is 18.0 Å². The van der Waals surface area contributed by atoms with Crippen LogP contribution < -0.4 is 10.5 Å². The van der Waals surface area contributed by atoms with E-state index < -0.39 is 23.7 Å². The molecule has 0 aliphatic carbocycles. The van der Waals surface area contributed by atoms with E-state index in [4.69, 9.17) is 15.6 Å². The molecule has 0 atom stereocenters. The van der Waals surface area contributed by atoms with Crippen LogP contribution in [-0.4, -0.2) is 23.2 Å². The number of pyridine rings is 1. The SMILES string of the molecule is COc1c(C(F)F)cc(C(=O)O)nc1CN. The summed E-state index contributed by atoms with van der Waals surface area (Å²) in [5.74, 6) is -1.55. The summed E-state index contributed by atoms with van der Waals surface area (Å²) in [5, 5.41) is 8.69. The van der Waals surface area contributed by atoms with Crippen molar-refractivity contribution in [3.63, 3.8) is 0 Å². The molecule has 0 bridgehead atoms. The summed E-state index contributed by atoms with van der Waals surface area (Å²) in [6.07, 6.45) is -2.85. The lowest BCUT2D eigenvalue weighted by molar-refractivity contribution is 0.0689. The Labute approximate surface area is 89.9 Å². The summed E-state index contributed by atoms with van der Waals surface area (Å²) in [7, 11) is 1.20. The smallest absolute Gasteiger partial charge is 0.354 e. The Morgan fingerprint density at radius 1 is 1.69 bits per heavy atom. The summed E-state index contributed by atoms with van der Waals surface area (Å²) in [4.78, 5) is 14.3. The van der Waals surface area contributed by atoms with Gasteiger partial charge in [0.05, 0.1) is 18.4 Å². The number of rotatable bonds is 4. The van der Waals surface area contributed by atoms with Crippen LogP contribution in [0.1, 0.15) is 28.2 Å². The van der Waals surface area contributed by atoms with Gasteiger partial charge in [0.25, 0.3) is 6.43 Å². The van der Waals surface area contributed by atoms with Crippen molar-refractivity contribution in [3.05, 3.63) is 23.0 Å². The number of aromatic nitrogens is 1. The first-order valence-corrected chi connectivity index (χ1v) is 4.30. The standard InChI is InChI=1S/C9H10F2N2O3/c1-16-7-4(8(10)11)2-5(9(14)15)13-6(7)3-12/h2,8H,3,12H2,1H3,(H,14,15). The normalized spacial score (nSPS) is 10.6. The number of alkyl halides is 2. The second-order valence-electron chi connectivity index (χ2n) is 2.89. The maximum Gasteiger partial charge on any atom is 0.354 e. The molecule has 0 aliphatic heterocycles. The fourth-order valence-electron chi connectivity index (χ4n) is 1.25. The Morgan fingerprint density at radius 2 is 2.31 bits per heavy atom. The van der Waals surface area contributed by atoms with Crippen molar-refractivity contribution < 1.29 is 23.4 Å². The van der Waals surface area contributed by atoms with Gasteiger partial charge in [-0.1, -0.05) is 0 Å². The van der Waals surface area contributed by atoms with Crippen LogP contribution >= 0.6 is 0 Å². The molecule has 0 aliphatic rings. The van der Waals surface area contributed by atoms with Gasteiger partial charge in [-0.05, 0) is 6.07 Å². The highest BCUT2D eigenvalue weighted by molar-refractivity contribution is 5.85. The van der Waals surface area contributed by atoms with Crippen LogP contribution in [0.4, 0.5) is 8.78 Å². The number of hydrogen-bond acceptors (Lipinski definition) is 4. The molecule has 0 saturated carbocycles. The maximum absolute atomic E-state index is 12.6. The Balaban J connectivity index is 3.43. The number of nitrogens with two attached hydrogens (primary N) is 1. The topological polar surface area (TPSA) is 85.4 Å². The number of methoxy groups -OCH3 is 1. The van der Waals surface area contributed by atoms with Crippen molar-refractivity contribution >= 4 is 5.97 Å². The van der Waals surface area contributed by atoms with Gasteiger partial charge in [-0.3, -0.25) is 0 Å². The third-order valence-corrected chi connectivity index (χ3v) is 1.92. The molecule has 5 nitrogen and oxygen atoms in total. The molecule has 1 aromatic rings. The second-order valence-corrected chi connectivity index (χ2v) is 2.89. The van der Waals surface area contributed by atoms with Crippen LogP contribution in [0, 0.1) is 0 Å². The summed E-state index contributed by atoms with van der Waals surface area (Å²) >= 11 is 0. The number of carbonyl (C=O) groups is 1. The summed E-state index contributed by atoms with van der Waals surface area (Å²) in [6, 6.07) is 0.783. The molecule has 0 fully saturated rings. The number of halogens is 2. The van der Waals surface area contributed by atoms with E-state index in [1.807, 2.05) is 0 Å². The lowest BCUT2D eigenvalue weighted by Gasteiger charge is -2.12. The number of aromatic carboxylic acids is 1. The molecule has 0 amide bonds. The third-order valence-electron chi connectivity index (χ3n) is 1.92. The molecular weight excluding hydrogens is 222 g/mol. The summed E-state index contributed by atoms with van der Waals surface area (Å²) in [5.41, 5.74) is 4.29. The van der Waals surface area contributed by atoms with Gasteiger partial charge in [-0.2, -0.15) is 0 Å². The van der Waals surface area contributed by atoms with Crippen LogP contribution in [0.3, 0.4) is 0 Å². The molecule has 3 N–H and O–H groups in total. The van der Waals surface area contributed by atoms with Gasteiger partial charge < -0.3 is 15.6 Å². The van der Waals surface area contributed by atoms with E-state index in [1.165, 1.54) is 7.11 Å². The molecule has 16 heavy (non-hydrogen) atoms. The van der Waals surface area contributed by atoms with Crippen molar-refractivity contribution in [2.75, 3.05) is 7.11 Å². The van der Waals surface area contributed by atoms with E-state index >= 15 is 0 Å². The van der Waals surface area contributed by atoms with Crippen LogP contribution in [0.2, 0.25) is 0 Å². The van der Waals surface area contributed by atoms with Gasteiger partial charge in [0.1, 0.15) is 5.69 Å². The first kappa shape index (κ1) is 12.3. The molecule has 0 spiro atoms. The second kappa shape index (κ2) is 4.84. The largest absolute Gasteiger partial charge is 0.494 e. The maximum atomic E-state index is 12.6. The quantitative estimate of drug-likeness (QED) is 0.814. The first-order valence-electron chi connectivity index (χ1n) is 4.30. The van der Waals surface area contributed by atoms with Crippen molar-refractivity contribution in [2.24, 2.45) is 5.73 Å². The van der Waals surface area contributed by atoms with Crippen molar-refractivity contribution in [3.8, 4) is 5.75 Å². The highest BCUT2D eigenvalue weighted by Crippen LogP contribution is 2.31. The Bertz CT molecular complexity index is 410. The molecular formula is C9H10F2N2O3. The lowest BCUT2D eigenvalue weighted by Crippen LogP contribution is -2.11. The highest BCUT2D eigenvalue weighted by Gasteiger charge is 2.21. The Morgan fingerprint density at radius 3 is 2.69 bits per heavy atom. The van der Waals surface area contributed by atoms with Crippen LogP contribution in [0.15, 0.2) is 6.07 Å². The minimum atomic E-state index is -2.85. The van der Waals surface area contributed by atoms with Gasteiger partial charge in [-0.25, -0.2) is 18.6 Å². The summed E-state index contributed by atoms with van der Waals surface area (Å²) < 4.78 is 30.0. The minimum absolute atomic E-state index is 0.00213. The average Bonchev–Trinajstić information content (AvgIpc) is 2.26. The molecule has 0 saturated heterocycles. The number of nitrogens with zero attached hydrogens (tertiary/aromatic N) is 1. The zero-order chi connectivity index (χ0) is 12.3. The molecule has 0 aromatic carbocycles. The van der Waals surface area contributed by atoms with Gasteiger partial charge >= 0.3 is 5.97 Å². The third kappa shape index (κ3) is 2.25. The van der Waals surface area contributed by atoms with Crippen molar-refractivity contribution in [1.82, 2.24) is 4.98 Å². The van der Waals surface area contributed by atoms with Crippen molar-refractivity contribution in [2.45, 2.75) is 13.0 Å². The minimum Gasteiger partial charge on any atom is -0.494 e. The van der Waals surface area contributed by atoms with Crippen LogP contribution in [0.5, 0.6) is 5.75 Å². The van der Waals surface area contributed by atoms with Crippen LogP contribution in [0.25, 0.3) is 0 Å². The fraction of sp³-hybridized carbons (Fsp3) is 0.333. The van der Waals surface area contributed by atoms with E-state index in [0.717, 1.165) is 6.07 Å². The molecule has 1 heterocycles. The molecule has 1 aromatic heterocycles. The fourth-order valence-corrected chi connectivity index (χ4v) is 1.25. The number of hydrogen-bond donors (Lipinski definition) is 2. The Hall–Kier alpha value is -1.76. The highest BCUT2D eigenvalue weighted by atomic mass is 19.3. The summed E-state index contributed by atoms with van der Waals surface area (Å²) in [6.45, 7) is -0.177. The Kier molecular flexibility index (Phi) is 3.73.